The van der Waals surface area contributed by atoms with Crippen molar-refractivity contribution >= 4 is 35.0 Å². The molecule has 110 valence electrons. The topological polar surface area (TPSA) is 29.1 Å². The Kier molecular flexibility index (Phi) is 5.71. The van der Waals surface area contributed by atoms with Crippen molar-refractivity contribution in [2.75, 3.05) is 5.32 Å². The van der Waals surface area contributed by atoms with Crippen molar-refractivity contribution in [1.82, 2.24) is 0 Å². The second-order valence-electron chi connectivity index (χ2n) is 5.08. The summed E-state index contributed by atoms with van der Waals surface area (Å²) in [7, 11) is 0. The average molecular weight is 320 g/mol. The lowest BCUT2D eigenvalue weighted by atomic mass is 10.2. The van der Waals surface area contributed by atoms with E-state index >= 15 is 0 Å². The summed E-state index contributed by atoms with van der Waals surface area (Å²) >= 11 is 7.63. The molecule has 0 radical (unpaired) electrons. The maximum absolute atomic E-state index is 11.6. The van der Waals surface area contributed by atoms with Crippen molar-refractivity contribution < 1.29 is 4.79 Å². The van der Waals surface area contributed by atoms with Crippen molar-refractivity contribution in [1.29, 1.82) is 0 Å². The Morgan fingerprint density at radius 1 is 1.10 bits per heavy atom. The van der Waals surface area contributed by atoms with Crippen LogP contribution in [0.2, 0.25) is 5.02 Å². The first-order chi connectivity index (χ1) is 10.0. The summed E-state index contributed by atoms with van der Waals surface area (Å²) in [6, 6.07) is 15.8. The fourth-order valence-corrected chi connectivity index (χ4v) is 2.65. The number of benzene rings is 2. The molecule has 0 saturated heterocycles. The van der Waals surface area contributed by atoms with Crippen molar-refractivity contribution in [2.45, 2.75) is 24.5 Å². The van der Waals surface area contributed by atoms with Gasteiger partial charge in [-0.05, 0) is 42.0 Å². The fourth-order valence-electron chi connectivity index (χ4n) is 1.67. The van der Waals surface area contributed by atoms with E-state index in [1.54, 1.807) is 11.8 Å². The first-order valence-corrected chi connectivity index (χ1v) is 8.19. The standard InChI is InChI=1S/C17H18ClNOS/c1-12(2)17(20)19-15-7-3-13(4-8-15)11-21-16-9-5-14(18)6-10-16/h3-10,12H,11H2,1-2H3,(H,19,20). The highest BCUT2D eigenvalue weighted by Crippen LogP contribution is 2.24. The molecule has 0 aromatic heterocycles. The largest absolute Gasteiger partial charge is 0.326 e. The Morgan fingerprint density at radius 2 is 1.71 bits per heavy atom. The van der Waals surface area contributed by atoms with Gasteiger partial charge in [0.05, 0.1) is 0 Å². The van der Waals surface area contributed by atoms with Crippen LogP contribution >= 0.6 is 23.4 Å². The van der Waals surface area contributed by atoms with Crippen LogP contribution in [-0.4, -0.2) is 5.91 Å². The minimum absolute atomic E-state index is 0.00913. The maximum Gasteiger partial charge on any atom is 0.226 e. The predicted molar refractivity (Wildman–Crippen MR) is 90.9 cm³/mol. The monoisotopic (exact) mass is 319 g/mol. The minimum Gasteiger partial charge on any atom is -0.326 e. The van der Waals surface area contributed by atoms with Gasteiger partial charge in [-0.1, -0.05) is 37.6 Å². The molecule has 1 N–H and O–H groups in total. The van der Waals surface area contributed by atoms with E-state index in [9.17, 15) is 4.79 Å². The molecule has 2 nitrogen and oxygen atoms in total. The van der Waals surface area contributed by atoms with Gasteiger partial charge in [-0.3, -0.25) is 4.79 Å². The summed E-state index contributed by atoms with van der Waals surface area (Å²) in [5.41, 5.74) is 2.06. The van der Waals surface area contributed by atoms with Gasteiger partial charge in [0.2, 0.25) is 5.91 Å². The Morgan fingerprint density at radius 3 is 2.29 bits per heavy atom. The molecule has 0 aliphatic rings. The van der Waals surface area contributed by atoms with Gasteiger partial charge in [0.25, 0.3) is 0 Å². The van der Waals surface area contributed by atoms with Gasteiger partial charge in [0.15, 0.2) is 0 Å². The molecular formula is C17H18ClNOS. The van der Waals surface area contributed by atoms with E-state index in [4.69, 9.17) is 11.6 Å². The van der Waals surface area contributed by atoms with Crippen LogP contribution in [0.3, 0.4) is 0 Å². The molecule has 21 heavy (non-hydrogen) atoms. The van der Waals surface area contributed by atoms with Crippen molar-refractivity contribution in [3.8, 4) is 0 Å². The van der Waals surface area contributed by atoms with Crippen LogP contribution in [0.25, 0.3) is 0 Å². The molecule has 0 spiro atoms. The number of anilines is 1. The van der Waals surface area contributed by atoms with E-state index in [1.807, 2.05) is 62.4 Å². The maximum atomic E-state index is 11.6. The lowest BCUT2D eigenvalue weighted by Gasteiger charge is -2.08. The number of thioether (sulfide) groups is 1. The van der Waals surface area contributed by atoms with E-state index in [2.05, 4.69) is 5.32 Å². The van der Waals surface area contributed by atoms with Crippen LogP contribution in [0, 0.1) is 5.92 Å². The van der Waals surface area contributed by atoms with E-state index in [0.717, 1.165) is 16.5 Å². The normalized spacial score (nSPS) is 10.7. The smallest absolute Gasteiger partial charge is 0.226 e. The highest BCUT2D eigenvalue weighted by Gasteiger charge is 2.06. The molecule has 4 heteroatoms. The summed E-state index contributed by atoms with van der Waals surface area (Å²) in [5.74, 6) is 0.920. The number of halogens is 1. The molecule has 0 aliphatic heterocycles. The molecule has 0 aliphatic carbocycles. The zero-order valence-corrected chi connectivity index (χ0v) is 13.7. The molecule has 0 saturated carbocycles. The molecule has 0 atom stereocenters. The SMILES string of the molecule is CC(C)C(=O)Nc1ccc(CSc2ccc(Cl)cc2)cc1. The van der Waals surface area contributed by atoms with Crippen LogP contribution in [0.5, 0.6) is 0 Å². The molecule has 0 heterocycles. The quantitative estimate of drug-likeness (QED) is 0.765. The Hall–Kier alpha value is -1.45. The third kappa shape index (κ3) is 5.10. The number of carbonyl (C=O) groups excluding carboxylic acids is 1. The van der Waals surface area contributed by atoms with E-state index in [1.165, 1.54) is 10.5 Å². The summed E-state index contributed by atoms with van der Waals surface area (Å²) in [6.07, 6.45) is 0. The number of hydrogen-bond acceptors (Lipinski definition) is 2. The van der Waals surface area contributed by atoms with Crippen LogP contribution in [-0.2, 0) is 10.5 Å². The third-order valence-electron chi connectivity index (χ3n) is 2.96. The van der Waals surface area contributed by atoms with Crippen LogP contribution < -0.4 is 5.32 Å². The second-order valence-corrected chi connectivity index (χ2v) is 6.57. The molecular weight excluding hydrogens is 302 g/mol. The van der Waals surface area contributed by atoms with E-state index < -0.39 is 0 Å². The second kappa shape index (κ2) is 7.53. The highest BCUT2D eigenvalue weighted by molar-refractivity contribution is 7.98. The average Bonchev–Trinajstić information content (AvgIpc) is 2.48. The van der Waals surface area contributed by atoms with Gasteiger partial charge < -0.3 is 5.32 Å². The van der Waals surface area contributed by atoms with Gasteiger partial charge in [-0.2, -0.15) is 0 Å². The summed E-state index contributed by atoms with van der Waals surface area (Å²) in [4.78, 5) is 12.8. The van der Waals surface area contributed by atoms with Crippen LogP contribution in [0.15, 0.2) is 53.4 Å². The van der Waals surface area contributed by atoms with Gasteiger partial charge in [0, 0.05) is 27.3 Å². The molecule has 2 aromatic carbocycles. The molecule has 0 fully saturated rings. The minimum atomic E-state index is -0.00913. The molecule has 0 unspecified atom stereocenters. The van der Waals surface area contributed by atoms with Crippen molar-refractivity contribution in [3.63, 3.8) is 0 Å². The van der Waals surface area contributed by atoms with Gasteiger partial charge >= 0.3 is 0 Å². The number of nitrogens with one attached hydrogen (secondary N) is 1. The van der Waals surface area contributed by atoms with E-state index in [0.29, 0.717) is 0 Å². The van der Waals surface area contributed by atoms with Crippen LogP contribution in [0.4, 0.5) is 5.69 Å². The number of hydrogen-bond donors (Lipinski definition) is 1. The van der Waals surface area contributed by atoms with E-state index in [-0.39, 0.29) is 11.8 Å². The Labute approximate surface area is 134 Å². The third-order valence-corrected chi connectivity index (χ3v) is 4.30. The van der Waals surface area contributed by atoms with Gasteiger partial charge in [-0.15, -0.1) is 11.8 Å². The summed E-state index contributed by atoms with van der Waals surface area (Å²) in [5, 5.41) is 3.64. The molecule has 2 rings (SSSR count). The Balaban J connectivity index is 1.90. The molecule has 1 amide bonds. The zero-order valence-electron chi connectivity index (χ0n) is 12.1. The number of rotatable bonds is 5. The van der Waals surface area contributed by atoms with Gasteiger partial charge in [-0.25, -0.2) is 0 Å². The first-order valence-electron chi connectivity index (χ1n) is 6.83. The zero-order chi connectivity index (χ0) is 15.2. The molecule has 0 bridgehead atoms. The fraction of sp³-hybridized carbons (Fsp3) is 0.235. The number of carbonyl (C=O) groups is 1. The predicted octanol–water partition coefficient (Wildman–Crippen LogP) is 5.23. The van der Waals surface area contributed by atoms with Gasteiger partial charge in [0.1, 0.15) is 0 Å². The van der Waals surface area contributed by atoms with Crippen molar-refractivity contribution in [2.24, 2.45) is 5.92 Å². The first kappa shape index (κ1) is 15.9. The lowest BCUT2D eigenvalue weighted by Crippen LogP contribution is -2.17. The van der Waals surface area contributed by atoms with Crippen molar-refractivity contribution in [3.05, 3.63) is 59.1 Å². The summed E-state index contributed by atoms with van der Waals surface area (Å²) < 4.78 is 0. The van der Waals surface area contributed by atoms with Crippen LogP contribution in [0.1, 0.15) is 19.4 Å². The number of amides is 1. The lowest BCUT2D eigenvalue weighted by molar-refractivity contribution is -0.118. The Bertz CT molecular complexity index is 593. The highest BCUT2D eigenvalue weighted by atomic mass is 35.5. The molecule has 2 aromatic rings. The summed E-state index contributed by atoms with van der Waals surface area (Å²) in [6.45, 7) is 3.76.